The minimum absolute atomic E-state index is 0.0292. The number of hydrogen-bond acceptors (Lipinski definition) is 5. The number of aliphatic hydroxyl groups excluding tert-OH is 1. The molecule has 1 heterocycles. The summed E-state index contributed by atoms with van der Waals surface area (Å²) in [7, 11) is 0. The largest absolute Gasteiger partial charge is 0.465 e. The molecule has 3 rings (SSSR count). The van der Waals surface area contributed by atoms with Crippen LogP contribution in [0.3, 0.4) is 0 Å². The van der Waals surface area contributed by atoms with Crippen LogP contribution in [-0.2, 0) is 22.6 Å². The molecule has 1 aliphatic rings. The van der Waals surface area contributed by atoms with Crippen LogP contribution in [-0.4, -0.2) is 47.6 Å². The van der Waals surface area contributed by atoms with E-state index in [4.69, 9.17) is 10.2 Å². The lowest BCUT2D eigenvalue weighted by atomic mass is 9.63. The third kappa shape index (κ3) is 7.92. The molecule has 3 atom stereocenters. The minimum atomic E-state index is -1.48. The predicted molar refractivity (Wildman–Crippen MR) is 155 cm³/mol. The number of aryl methyl sites for hydroxylation is 2. The summed E-state index contributed by atoms with van der Waals surface area (Å²) in [4.78, 5) is 28.7. The van der Waals surface area contributed by atoms with Crippen molar-refractivity contribution in [1.82, 2.24) is 10.2 Å². The number of hydrogen-bond donors (Lipinski definition) is 3. The Kier molecular flexibility index (Phi) is 11.0. The number of aliphatic hydroxyl groups is 1. The molecule has 0 saturated heterocycles. The highest BCUT2D eigenvalue weighted by Gasteiger charge is 2.48. The van der Waals surface area contributed by atoms with E-state index in [2.05, 4.69) is 5.32 Å². The van der Waals surface area contributed by atoms with Crippen LogP contribution in [0, 0.1) is 36.8 Å². The quantitative estimate of drug-likeness (QED) is 0.300. The van der Waals surface area contributed by atoms with Crippen LogP contribution in [0.1, 0.15) is 62.7 Å². The van der Waals surface area contributed by atoms with E-state index in [0.717, 1.165) is 30.2 Å². The number of carbonyl (C=O) groups is 2. The first-order valence-corrected chi connectivity index (χ1v) is 14.3. The number of nitrogens with two attached hydrogens (primary N) is 1. The monoisotopic (exact) mass is 571 g/mol. The third-order valence-corrected chi connectivity index (χ3v) is 7.75. The number of nitrogens with one attached hydrogen (secondary N) is 1. The van der Waals surface area contributed by atoms with Gasteiger partial charge in [-0.2, -0.15) is 0 Å². The van der Waals surface area contributed by atoms with Crippen molar-refractivity contribution in [2.45, 2.75) is 73.0 Å². The van der Waals surface area contributed by atoms with Gasteiger partial charge < -0.3 is 25.5 Å². The SMILES string of the molecule is CCCN(CCC)C(=O)C1=CC(C)=CC(C(N)=O)([C@H](Cc2cc(F)cc(F)c2)[C@@H](O)CNCc2cc(C)c(C)o2)C1. The van der Waals surface area contributed by atoms with E-state index in [9.17, 15) is 23.5 Å². The van der Waals surface area contributed by atoms with Gasteiger partial charge in [-0.05, 0) is 75.8 Å². The van der Waals surface area contributed by atoms with Gasteiger partial charge in [-0.15, -0.1) is 0 Å². The summed E-state index contributed by atoms with van der Waals surface area (Å²) < 4.78 is 34.1. The minimum Gasteiger partial charge on any atom is -0.465 e. The summed E-state index contributed by atoms with van der Waals surface area (Å²) in [5.74, 6) is -1.83. The van der Waals surface area contributed by atoms with Crippen molar-refractivity contribution in [1.29, 1.82) is 0 Å². The summed E-state index contributed by atoms with van der Waals surface area (Å²) in [5.41, 5.74) is 6.96. The number of furan rings is 1. The Morgan fingerprint density at radius 1 is 1.10 bits per heavy atom. The van der Waals surface area contributed by atoms with Crippen molar-refractivity contribution in [3.05, 3.63) is 81.8 Å². The highest BCUT2D eigenvalue weighted by Crippen LogP contribution is 2.44. The standard InChI is InChI=1S/C32H43F2N3O4/c1-6-8-37(9-7-2)30(39)24-10-20(3)16-32(17-24,31(35)40)28(14-23-12-25(33)15-26(34)13-23)29(38)19-36-18-27-11-21(4)22(5)41-27/h10-13,15-16,28-29,36,38H,6-9,14,17-19H2,1-5H3,(H2,35,40)/t28-,29+,32?/m1/s1. The number of amides is 2. The second kappa shape index (κ2) is 14.0. The van der Waals surface area contributed by atoms with Crippen LogP contribution in [0.2, 0.25) is 0 Å². The van der Waals surface area contributed by atoms with Crippen LogP contribution in [0.25, 0.3) is 0 Å². The van der Waals surface area contributed by atoms with Gasteiger partial charge in [-0.3, -0.25) is 9.59 Å². The van der Waals surface area contributed by atoms with Gasteiger partial charge in [0.25, 0.3) is 0 Å². The van der Waals surface area contributed by atoms with Gasteiger partial charge in [-0.1, -0.05) is 31.6 Å². The number of allylic oxidation sites excluding steroid dienone is 2. The summed E-state index contributed by atoms with van der Waals surface area (Å²) in [6, 6.07) is 5.05. The first-order chi connectivity index (χ1) is 19.4. The molecule has 4 N–H and O–H groups in total. The maximum atomic E-state index is 14.2. The normalized spacial score (nSPS) is 18.4. The molecule has 41 heavy (non-hydrogen) atoms. The van der Waals surface area contributed by atoms with Gasteiger partial charge in [0, 0.05) is 37.2 Å². The fraction of sp³-hybridized carbons (Fsp3) is 0.500. The van der Waals surface area contributed by atoms with Crippen molar-refractivity contribution in [2.75, 3.05) is 19.6 Å². The van der Waals surface area contributed by atoms with Crippen molar-refractivity contribution in [2.24, 2.45) is 17.1 Å². The molecule has 1 aromatic heterocycles. The molecule has 224 valence electrons. The van der Waals surface area contributed by atoms with Crippen molar-refractivity contribution >= 4 is 11.8 Å². The Balaban J connectivity index is 1.98. The zero-order valence-corrected chi connectivity index (χ0v) is 24.7. The molecule has 1 aliphatic carbocycles. The van der Waals surface area contributed by atoms with Crippen LogP contribution in [0.15, 0.2) is 52.0 Å². The van der Waals surface area contributed by atoms with E-state index >= 15 is 0 Å². The Morgan fingerprint density at radius 2 is 1.73 bits per heavy atom. The topological polar surface area (TPSA) is 109 Å². The highest BCUT2D eigenvalue weighted by molar-refractivity contribution is 5.96. The maximum Gasteiger partial charge on any atom is 0.249 e. The van der Waals surface area contributed by atoms with Crippen LogP contribution >= 0.6 is 0 Å². The van der Waals surface area contributed by atoms with Gasteiger partial charge >= 0.3 is 0 Å². The zero-order valence-electron chi connectivity index (χ0n) is 24.7. The smallest absolute Gasteiger partial charge is 0.249 e. The van der Waals surface area contributed by atoms with Gasteiger partial charge in [0.2, 0.25) is 11.8 Å². The molecular formula is C32H43F2N3O4. The fourth-order valence-electron chi connectivity index (χ4n) is 5.78. The van der Waals surface area contributed by atoms with E-state index < -0.39 is 35.0 Å². The molecule has 0 fully saturated rings. The second-order valence-electron chi connectivity index (χ2n) is 11.2. The average molecular weight is 572 g/mol. The molecule has 9 heteroatoms. The van der Waals surface area contributed by atoms with Gasteiger partial charge in [0.05, 0.1) is 18.1 Å². The molecule has 1 aromatic carbocycles. The average Bonchev–Trinajstić information content (AvgIpc) is 3.22. The Labute approximate surface area is 241 Å². The zero-order chi connectivity index (χ0) is 30.3. The Hall–Kier alpha value is -3.30. The Morgan fingerprint density at radius 3 is 2.27 bits per heavy atom. The van der Waals surface area contributed by atoms with Crippen LogP contribution in [0.4, 0.5) is 8.78 Å². The van der Waals surface area contributed by atoms with E-state index in [1.807, 2.05) is 33.8 Å². The summed E-state index contributed by atoms with van der Waals surface area (Å²) in [6.45, 7) is 11.1. The molecule has 0 bridgehead atoms. The van der Waals surface area contributed by atoms with Gasteiger partial charge in [0.15, 0.2) is 0 Å². The molecule has 0 spiro atoms. The number of rotatable bonds is 14. The first kappa shape index (κ1) is 32.2. The van der Waals surface area contributed by atoms with Crippen molar-refractivity contribution in [3.8, 4) is 0 Å². The number of halogens is 2. The van der Waals surface area contributed by atoms with E-state index in [1.54, 1.807) is 24.0 Å². The molecule has 2 amide bonds. The second-order valence-corrected chi connectivity index (χ2v) is 11.2. The Bertz CT molecular complexity index is 1260. The third-order valence-electron chi connectivity index (χ3n) is 7.75. The molecule has 2 aromatic rings. The van der Waals surface area contributed by atoms with Crippen LogP contribution in [0.5, 0.6) is 0 Å². The lowest BCUT2D eigenvalue weighted by Gasteiger charge is -2.42. The number of carbonyl (C=O) groups excluding carboxylic acids is 2. The van der Waals surface area contributed by atoms with Gasteiger partial charge in [0.1, 0.15) is 23.2 Å². The predicted octanol–water partition coefficient (Wildman–Crippen LogP) is 4.88. The lowest BCUT2D eigenvalue weighted by molar-refractivity contribution is -0.132. The lowest BCUT2D eigenvalue weighted by Crippen LogP contribution is -2.51. The highest BCUT2D eigenvalue weighted by atomic mass is 19.1. The molecule has 0 saturated carbocycles. The number of nitrogens with zero attached hydrogens (tertiary/aromatic N) is 1. The first-order valence-electron chi connectivity index (χ1n) is 14.3. The van der Waals surface area contributed by atoms with Crippen LogP contribution < -0.4 is 11.1 Å². The summed E-state index contributed by atoms with van der Waals surface area (Å²) in [5, 5.41) is 14.7. The summed E-state index contributed by atoms with van der Waals surface area (Å²) in [6.07, 6.45) is 3.78. The van der Waals surface area contributed by atoms with E-state index in [1.165, 1.54) is 12.1 Å². The fourth-order valence-corrected chi connectivity index (χ4v) is 5.78. The number of primary amides is 1. The maximum absolute atomic E-state index is 14.2. The van der Waals surface area contributed by atoms with E-state index in [-0.39, 0.29) is 30.9 Å². The van der Waals surface area contributed by atoms with Crippen molar-refractivity contribution in [3.63, 3.8) is 0 Å². The molecule has 1 unspecified atom stereocenters. The molecular weight excluding hydrogens is 528 g/mol. The number of benzene rings is 1. The van der Waals surface area contributed by atoms with Gasteiger partial charge in [-0.25, -0.2) is 8.78 Å². The molecule has 0 aliphatic heterocycles. The molecule has 0 radical (unpaired) electrons. The van der Waals surface area contributed by atoms with Crippen molar-refractivity contribution < 1.29 is 27.9 Å². The molecule has 7 nitrogen and oxygen atoms in total. The van der Waals surface area contributed by atoms with E-state index in [0.29, 0.717) is 36.5 Å². The summed E-state index contributed by atoms with van der Waals surface area (Å²) >= 11 is 0.